The van der Waals surface area contributed by atoms with Crippen molar-refractivity contribution < 1.29 is 29.4 Å². The van der Waals surface area contributed by atoms with E-state index in [1.807, 2.05) is 0 Å². The van der Waals surface area contributed by atoms with Crippen LogP contribution in [-0.2, 0) is 9.59 Å². The second kappa shape index (κ2) is 10.6. The number of aliphatic hydroxyl groups excluding tert-OH is 1. The van der Waals surface area contributed by atoms with Crippen LogP contribution in [0.4, 0.5) is 0 Å². The first kappa shape index (κ1) is 20.9. The molecule has 0 spiro atoms. The molecule has 2 atom stereocenters. The molecule has 0 fully saturated rings. The van der Waals surface area contributed by atoms with Crippen LogP contribution in [0, 0.1) is 0 Å². The van der Waals surface area contributed by atoms with Gasteiger partial charge in [0, 0.05) is 0 Å². The zero-order valence-electron chi connectivity index (χ0n) is 14.1. The van der Waals surface area contributed by atoms with Crippen molar-refractivity contribution in [3.05, 3.63) is 0 Å². The Bertz CT molecular complexity index is 325. The normalized spacial score (nSPS) is 16.7. The van der Waals surface area contributed by atoms with E-state index in [0.29, 0.717) is 6.54 Å². The van der Waals surface area contributed by atoms with Crippen LogP contribution in [0.1, 0.15) is 59.3 Å². The van der Waals surface area contributed by atoms with Gasteiger partial charge in [-0.15, -0.1) is 0 Å². The van der Waals surface area contributed by atoms with Crippen LogP contribution in [-0.4, -0.2) is 63.5 Å². The Labute approximate surface area is 133 Å². The number of quaternary nitrogens is 1. The molecule has 6 nitrogen and oxygen atoms in total. The van der Waals surface area contributed by atoms with Crippen LogP contribution in [0.15, 0.2) is 0 Å². The van der Waals surface area contributed by atoms with E-state index < -0.39 is 24.0 Å². The highest BCUT2D eigenvalue weighted by atomic mass is 16.4. The Balaban J connectivity index is 4.96. The van der Waals surface area contributed by atoms with E-state index in [1.54, 1.807) is 0 Å². The van der Waals surface area contributed by atoms with Crippen molar-refractivity contribution in [2.75, 3.05) is 19.7 Å². The summed E-state index contributed by atoms with van der Waals surface area (Å²) < 4.78 is -0.102. The molecule has 0 aliphatic heterocycles. The zero-order chi connectivity index (χ0) is 17.2. The molecule has 2 unspecified atom stereocenters. The van der Waals surface area contributed by atoms with E-state index in [1.165, 1.54) is 20.3 Å². The molecule has 22 heavy (non-hydrogen) atoms. The van der Waals surface area contributed by atoms with Gasteiger partial charge in [-0.25, -0.2) is 9.59 Å². The smallest absolute Gasteiger partial charge is 0.362 e. The van der Waals surface area contributed by atoms with Crippen molar-refractivity contribution in [2.24, 2.45) is 0 Å². The summed E-state index contributed by atoms with van der Waals surface area (Å²) in [5.41, 5.74) is 0. The highest BCUT2D eigenvalue weighted by molar-refractivity contribution is 5.74. The SMILES string of the molecule is CCCCCCCC[N+](CCO)(C(C)C(=O)O)C(C)C(=O)O. The lowest BCUT2D eigenvalue weighted by atomic mass is 10.0. The molecule has 0 heterocycles. The predicted molar refractivity (Wildman–Crippen MR) is 84.7 cm³/mol. The molecular formula is C16H32NO5+. The lowest BCUT2D eigenvalue weighted by Gasteiger charge is -2.44. The molecule has 0 aliphatic carbocycles. The van der Waals surface area contributed by atoms with Gasteiger partial charge >= 0.3 is 11.9 Å². The maximum absolute atomic E-state index is 11.4. The number of carboxylic acid groups (broad SMARTS) is 2. The number of aliphatic hydroxyl groups is 1. The van der Waals surface area contributed by atoms with E-state index in [4.69, 9.17) is 0 Å². The van der Waals surface area contributed by atoms with Gasteiger partial charge in [0.1, 0.15) is 6.54 Å². The topological polar surface area (TPSA) is 94.8 Å². The van der Waals surface area contributed by atoms with Crippen LogP contribution < -0.4 is 0 Å². The standard InChI is InChI=1S/C16H31NO5/c1-4-5-6-7-8-9-10-17(11-12-18,13(2)15(19)20)14(3)16(21)22/h13-14,18H,4-12H2,1-3H3,(H-,19,20,21,22)/p+1. The van der Waals surface area contributed by atoms with Crippen LogP contribution in [0.5, 0.6) is 0 Å². The second-order valence-corrected chi connectivity index (χ2v) is 6.07. The van der Waals surface area contributed by atoms with Crippen molar-refractivity contribution in [1.82, 2.24) is 0 Å². The molecule has 0 saturated carbocycles. The molecule has 0 rings (SSSR count). The van der Waals surface area contributed by atoms with Crippen molar-refractivity contribution >= 4 is 11.9 Å². The Morgan fingerprint density at radius 3 is 1.73 bits per heavy atom. The Kier molecular flexibility index (Phi) is 10.0. The first-order valence-electron chi connectivity index (χ1n) is 8.26. The van der Waals surface area contributed by atoms with E-state index in [9.17, 15) is 24.9 Å². The molecule has 3 N–H and O–H groups in total. The molecule has 0 saturated heterocycles. The monoisotopic (exact) mass is 318 g/mol. The fourth-order valence-corrected chi connectivity index (χ4v) is 3.03. The number of unbranched alkanes of at least 4 members (excludes halogenated alkanes) is 5. The van der Waals surface area contributed by atoms with Crippen LogP contribution in [0.3, 0.4) is 0 Å². The van der Waals surface area contributed by atoms with E-state index in [0.717, 1.165) is 32.1 Å². The minimum atomic E-state index is -1.02. The summed E-state index contributed by atoms with van der Waals surface area (Å²) in [6, 6.07) is -1.71. The number of rotatable bonds is 13. The number of hydrogen-bond donors (Lipinski definition) is 3. The van der Waals surface area contributed by atoms with Crippen LogP contribution in [0.2, 0.25) is 0 Å². The lowest BCUT2D eigenvalue weighted by molar-refractivity contribution is -0.955. The average Bonchev–Trinajstić information content (AvgIpc) is 2.47. The fraction of sp³-hybridized carbons (Fsp3) is 0.875. The molecule has 130 valence electrons. The number of hydrogen-bond acceptors (Lipinski definition) is 3. The van der Waals surface area contributed by atoms with Gasteiger partial charge in [-0.05, 0) is 26.7 Å². The molecule has 0 bridgehead atoms. The highest BCUT2D eigenvalue weighted by Crippen LogP contribution is 2.22. The largest absolute Gasteiger partial charge is 0.477 e. The summed E-state index contributed by atoms with van der Waals surface area (Å²) in [6.07, 6.45) is 6.32. The van der Waals surface area contributed by atoms with Gasteiger partial charge in [0.05, 0.1) is 13.2 Å². The minimum absolute atomic E-state index is 0.102. The van der Waals surface area contributed by atoms with Crippen molar-refractivity contribution in [3.63, 3.8) is 0 Å². The third-order valence-electron chi connectivity index (χ3n) is 4.70. The van der Waals surface area contributed by atoms with Gasteiger partial charge in [0.2, 0.25) is 0 Å². The summed E-state index contributed by atoms with van der Waals surface area (Å²) >= 11 is 0. The number of nitrogens with zero attached hydrogens (tertiary/aromatic N) is 1. The zero-order valence-corrected chi connectivity index (χ0v) is 14.1. The summed E-state index contributed by atoms with van der Waals surface area (Å²) in [7, 11) is 0. The summed E-state index contributed by atoms with van der Waals surface area (Å²) in [4.78, 5) is 22.9. The number of carbonyl (C=O) groups is 2. The summed E-state index contributed by atoms with van der Waals surface area (Å²) in [5, 5.41) is 28.0. The molecule has 0 aromatic carbocycles. The van der Waals surface area contributed by atoms with Gasteiger partial charge in [-0.3, -0.25) is 4.48 Å². The Morgan fingerprint density at radius 2 is 1.32 bits per heavy atom. The van der Waals surface area contributed by atoms with Crippen LogP contribution >= 0.6 is 0 Å². The Morgan fingerprint density at radius 1 is 0.864 bits per heavy atom. The fourth-order valence-electron chi connectivity index (χ4n) is 3.03. The molecule has 6 heteroatoms. The van der Waals surface area contributed by atoms with E-state index in [-0.39, 0.29) is 17.6 Å². The maximum atomic E-state index is 11.4. The van der Waals surface area contributed by atoms with Crippen molar-refractivity contribution in [1.29, 1.82) is 0 Å². The molecule has 0 aliphatic rings. The minimum Gasteiger partial charge on any atom is -0.477 e. The van der Waals surface area contributed by atoms with Gasteiger partial charge in [0.15, 0.2) is 12.1 Å². The summed E-state index contributed by atoms with van der Waals surface area (Å²) in [6.45, 7) is 5.61. The summed E-state index contributed by atoms with van der Waals surface area (Å²) in [5.74, 6) is -2.04. The van der Waals surface area contributed by atoms with Gasteiger partial charge in [-0.2, -0.15) is 0 Å². The van der Waals surface area contributed by atoms with Gasteiger partial charge in [-0.1, -0.05) is 32.6 Å². The van der Waals surface area contributed by atoms with Crippen molar-refractivity contribution in [3.8, 4) is 0 Å². The molecular weight excluding hydrogens is 286 g/mol. The molecule has 0 radical (unpaired) electrons. The lowest BCUT2D eigenvalue weighted by Crippen LogP contribution is -2.65. The van der Waals surface area contributed by atoms with Gasteiger partial charge < -0.3 is 15.3 Å². The van der Waals surface area contributed by atoms with Crippen molar-refractivity contribution in [2.45, 2.75) is 71.4 Å². The first-order chi connectivity index (χ1) is 10.3. The first-order valence-corrected chi connectivity index (χ1v) is 8.26. The average molecular weight is 318 g/mol. The van der Waals surface area contributed by atoms with Crippen LogP contribution in [0.25, 0.3) is 0 Å². The number of aliphatic carboxylic acids is 2. The molecule has 0 aromatic heterocycles. The number of carboxylic acids is 2. The molecule has 0 amide bonds. The van der Waals surface area contributed by atoms with Gasteiger partial charge in [0.25, 0.3) is 0 Å². The van der Waals surface area contributed by atoms with E-state index in [2.05, 4.69) is 6.92 Å². The van der Waals surface area contributed by atoms with E-state index >= 15 is 0 Å². The second-order valence-electron chi connectivity index (χ2n) is 6.07. The third-order valence-corrected chi connectivity index (χ3v) is 4.70. The highest BCUT2D eigenvalue weighted by Gasteiger charge is 2.45. The third kappa shape index (κ3) is 5.93. The maximum Gasteiger partial charge on any atom is 0.362 e. The Hall–Kier alpha value is -1.14. The quantitative estimate of drug-likeness (QED) is 0.357. The predicted octanol–water partition coefficient (Wildman–Crippen LogP) is 2.10. The molecule has 0 aromatic rings.